The Labute approximate surface area is 103 Å². The SMILES string of the molecule is CCN(CC(=O)NC)c1nc(N)ncc1[N+](=O)[O-]. The molecule has 1 amide bonds. The van der Waals surface area contributed by atoms with Gasteiger partial charge >= 0.3 is 5.69 Å². The molecule has 1 rings (SSSR count). The first-order chi connectivity index (χ1) is 8.49. The van der Waals surface area contributed by atoms with E-state index in [9.17, 15) is 14.9 Å². The minimum absolute atomic E-state index is 0.0374. The molecule has 0 unspecified atom stereocenters. The van der Waals surface area contributed by atoms with Gasteiger partial charge in [-0.05, 0) is 6.92 Å². The van der Waals surface area contributed by atoms with E-state index in [4.69, 9.17) is 5.73 Å². The van der Waals surface area contributed by atoms with Crippen LogP contribution in [-0.2, 0) is 4.79 Å². The Morgan fingerprint density at radius 1 is 1.67 bits per heavy atom. The molecule has 1 heterocycles. The average Bonchev–Trinajstić information content (AvgIpc) is 2.35. The van der Waals surface area contributed by atoms with E-state index in [1.165, 1.54) is 11.9 Å². The maximum Gasteiger partial charge on any atom is 0.329 e. The van der Waals surface area contributed by atoms with Gasteiger partial charge in [0.2, 0.25) is 17.7 Å². The summed E-state index contributed by atoms with van der Waals surface area (Å²) in [6.45, 7) is 2.10. The molecule has 0 atom stereocenters. The van der Waals surface area contributed by atoms with E-state index in [1.807, 2.05) is 0 Å². The van der Waals surface area contributed by atoms with E-state index in [-0.39, 0.29) is 29.9 Å². The summed E-state index contributed by atoms with van der Waals surface area (Å²) in [6.07, 6.45) is 1.03. The number of likely N-dealkylation sites (N-methyl/N-ethyl adjacent to an activating group) is 2. The molecule has 0 aliphatic rings. The summed E-state index contributed by atoms with van der Waals surface area (Å²) < 4.78 is 0. The van der Waals surface area contributed by atoms with Crippen molar-refractivity contribution in [3.63, 3.8) is 0 Å². The molecule has 18 heavy (non-hydrogen) atoms. The van der Waals surface area contributed by atoms with Crippen molar-refractivity contribution in [2.45, 2.75) is 6.92 Å². The minimum atomic E-state index is -0.610. The van der Waals surface area contributed by atoms with Crippen molar-refractivity contribution in [3.8, 4) is 0 Å². The van der Waals surface area contributed by atoms with Crippen LogP contribution in [0.15, 0.2) is 6.20 Å². The van der Waals surface area contributed by atoms with Crippen LogP contribution in [0.2, 0.25) is 0 Å². The molecule has 0 radical (unpaired) electrons. The molecular formula is C9H14N6O3. The van der Waals surface area contributed by atoms with Gasteiger partial charge in [0.05, 0.1) is 11.5 Å². The fraction of sp³-hybridized carbons (Fsp3) is 0.444. The second kappa shape index (κ2) is 5.75. The highest BCUT2D eigenvalue weighted by Gasteiger charge is 2.22. The Morgan fingerprint density at radius 2 is 2.33 bits per heavy atom. The van der Waals surface area contributed by atoms with Crippen LogP contribution in [0.25, 0.3) is 0 Å². The Hall–Kier alpha value is -2.45. The number of carbonyl (C=O) groups is 1. The fourth-order valence-electron chi connectivity index (χ4n) is 1.33. The molecule has 0 aliphatic heterocycles. The van der Waals surface area contributed by atoms with Crippen molar-refractivity contribution in [2.24, 2.45) is 0 Å². The smallest absolute Gasteiger partial charge is 0.329 e. The number of nitrogens with one attached hydrogen (secondary N) is 1. The predicted octanol–water partition coefficient (Wildman–Crippen LogP) is -0.461. The molecular weight excluding hydrogens is 240 g/mol. The van der Waals surface area contributed by atoms with Gasteiger partial charge in [0, 0.05) is 13.6 Å². The highest BCUT2D eigenvalue weighted by molar-refractivity contribution is 5.81. The van der Waals surface area contributed by atoms with E-state index >= 15 is 0 Å². The molecule has 0 saturated carbocycles. The molecule has 98 valence electrons. The quantitative estimate of drug-likeness (QED) is 0.537. The molecule has 0 saturated heterocycles. The lowest BCUT2D eigenvalue weighted by atomic mass is 10.4. The number of hydrogen-bond acceptors (Lipinski definition) is 7. The minimum Gasteiger partial charge on any atom is -0.368 e. The summed E-state index contributed by atoms with van der Waals surface area (Å²) in [6, 6.07) is 0. The summed E-state index contributed by atoms with van der Waals surface area (Å²) >= 11 is 0. The van der Waals surface area contributed by atoms with Crippen LogP contribution in [0.3, 0.4) is 0 Å². The van der Waals surface area contributed by atoms with E-state index in [0.717, 1.165) is 6.20 Å². The normalized spacial score (nSPS) is 9.89. The number of aromatic nitrogens is 2. The number of nitrogen functional groups attached to an aromatic ring is 1. The summed E-state index contributed by atoms with van der Waals surface area (Å²) in [7, 11) is 1.49. The van der Waals surface area contributed by atoms with Crippen LogP contribution in [0, 0.1) is 10.1 Å². The zero-order valence-corrected chi connectivity index (χ0v) is 10.1. The fourth-order valence-corrected chi connectivity index (χ4v) is 1.33. The van der Waals surface area contributed by atoms with E-state index in [0.29, 0.717) is 6.54 Å². The second-order valence-electron chi connectivity index (χ2n) is 3.38. The van der Waals surface area contributed by atoms with Crippen molar-refractivity contribution < 1.29 is 9.72 Å². The van der Waals surface area contributed by atoms with Gasteiger partial charge in [0.25, 0.3) is 0 Å². The predicted molar refractivity (Wildman–Crippen MR) is 65.1 cm³/mol. The van der Waals surface area contributed by atoms with Gasteiger partial charge in [0.1, 0.15) is 6.20 Å². The molecule has 9 nitrogen and oxygen atoms in total. The topological polar surface area (TPSA) is 127 Å². The number of nitrogens with two attached hydrogens (primary N) is 1. The van der Waals surface area contributed by atoms with Crippen molar-refractivity contribution in [1.82, 2.24) is 15.3 Å². The highest BCUT2D eigenvalue weighted by Crippen LogP contribution is 2.24. The van der Waals surface area contributed by atoms with Gasteiger partial charge in [-0.1, -0.05) is 0 Å². The van der Waals surface area contributed by atoms with E-state index in [2.05, 4.69) is 15.3 Å². The third-order valence-electron chi connectivity index (χ3n) is 2.26. The number of nitrogens with zero attached hydrogens (tertiary/aromatic N) is 4. The van der Waals surface area contributed by atoms with E-state index in [1.54, 1.807) is 6.92 Å². The van der Waals surface area contributed by atoms with Crippen LogP contribution in [-0.4, -0.2) is 40.9 Å². The highest BCUT2D eigenvalue weighted by atomic mass is 16.6. The molecule has 1 aromatic rings. The van der Waals surface area contributed by atoms with Gasteiger partial charge in [0.15, 0.2) is 0 Å². The lowest BCUT2D eigenvalue weighted by Gasteiger charge is -2.20. The third kappa shape index (κ3) is 3.03. The monoisotopic (exact) mass is 254 g/mol. The molecule has 3 N–H and O–H groups in total. The molecule has 0 spiro atoms. The standard InChI is InChI=1S/C9H14N6O3/c1-3-14(5-7(16)11-2)8-6(15(17)18)4-12-9(10)13-8/h4H,3,5H2,1-2H3,(H,11,16)(H2,10,12,13). The number of amides is 1. The van der Waals surface area contributed by atoms with Crippen LogP contribution >= 0.6 is 0 Å². The lowest BCUT2D eigenvalue weighted by Crippen LogP contribution is -2.36. The Bertz CT molecular complexity index is 464. The summed E-state index contributed by atoms with van der Waals surface area (Å²) in [4.78, 5) is 30.4. The average molecular weight is 254 g/mol. The molecule has 9 heteroatoms. The van der Waals surface area contributed by atoms with Gasteiger partial charge in [-0.2, -0.15) is 4.98 Å². The van der Waals surface area contributed by atoms with Crippen molar-refractivity contribution in [1.29, 1.82) is 0 Å². The first kappa shape index (κ1) is 13.6. The summed E-state index contributed by atoms with van der Waals surface area (Å²) in [5.74, 6) is -0.312. The first-order valence-electron chi connectivity index (χ1n) is 5.22. The molecule has 0 aliphatic carbocycles. The largest absolute Gasteiger partial charge is 0.368 e. The van der Waals surface area contributed by atoms with Crippen LogP contribution < -0.4 is 16.0 Å². The number of rotatable bonds is 5. The van der Waals surface area contributed by atoms with Crippen LogP contribution in [0.4, 0.5) is 17.5 Å². The van der Waals surface area contributed by atoms with Gasteiger partial charge in [-0.15, -0.1) is 0 Å². The Balaban J connectivity index is 3.14. The molecule has 0 fully saturated rings. The Morgan fingerprint density at radius 3 is 2.83 bits per heavy atom. The number of anilines is 2. The lowest BCUT2D eigenvalue weighted by molar-refractivity contribution is -0.384. The second-order valence-corrected chi connectivity index (χ2v) is 3.38. The zero-order valence-electron chi connectivity index (χ0n) is 10.1. The maximum atomic E-state index is 11.3. The molecule has 1 aromatic heterocycles. The van der Waals surface area contributed by atoms with Crippen LogP contribution in [0.5, 0.6) is 0 Å². The molecule has 0 bridgehead atoms. The van der Waals surface area contributed by atoms with Crippen LogP contribution in [0.1, 0.15) is 6.92 Å². The number of hydrogen-bond donors (Lipinski definition) is 2. The summed E-state index contributed by atoms with van der Waals surface area (Å²) in [5.41, 5.74) is 5.13. The summed E-state index contributed by atoms with van der Waals surface area (Å²) in [5, 5.41) is 13.3. The first-order valence-corrected chi connectivity index (χ1v) is 5.22. The van der Waals surface area contributed by atoms with Crippen molar-refractivity contribution >= 4 is 23.4 Å². The van der Waals surface area contributed by atoms with Crippen molar-refractivity contribution in [3.05, 3.63) is 16.3 Å². The van der Waals surface area contributed by atoms with Gasteiger partial charge in [-0.3, -0.25) is 14.9 Å². The zero-order chi connectivity index (χ0) is 13.7. The van der Waals surface area contributed by atoms with Crippen molar-refractivity contribution in [2.75, 3.05) is 30.8 Å². The number of carbonyl (C=O) groups excluding carboxylic acids is 1. The maximum absolute atomic E-state index is 11.3. The van der Waals surface area contributed by atoms with E-state index < -0.39 is 4.92 Å². The van der Waals surface area contributed by atoms with Gasteiger partial charge < -0.3 is 16.0 Å². The third-order valence-corrected chi connectivity index (χ3v) is 2.26. The molecule has 0 aromatic carbocycles. The van der Waals surface area contributed by atoms with Gasteiger partial charge in [-0.25, -0.2) is 4.98 Å². The Kier molecular flexibility index (Phi) is 4.35. The number of nitro groups is 1.